The second-order valence-electron chi connectivity index (χ2n) is 5.43. The molecule has 0 radical (unpaired) electrons. The summed E-state index contributed by atoms with van der Waals surface area (Å²) in [6.45, 7) is 3.31. The Balaban J connectivity index is 1.77. The lowest BCUT2D eigenvalue weighted by atomic mass is 9.89. The average Bonchev–Trinajstić information content (AvgIpc) is 2.94. The number of fused-ring (bicyclic) bond motifs is 1. The third-order valence-corrected chi connectivity index (χ3v) is 4.42. The van der Waals surface area contributed by atoms with Crippen LogP contribution in [0.3, 0.4) is 0 Å². The molecule has 0 aliphatic heterocycles. The highest BCUT2D eigenvalue weighted by Crippen LogP contribution is 2.37. The summed E-state index contributed by atoms with van der Waals surface area (Å²) in [5.41, 5.74) is 1.27. The maximum Gasteiger partial charge on any atom is 0.243 e. The van der Waals surface area contributed by atoms with Crippen LogP contribution in [0.4, 0.5) is 5.95 Å². The lowest BCUT2D eigenvalue weighted by Crippen LogP contribution is -2.23. The molecule has 0 amide bonds. The zero-order valence-corrected chi connectivity index (χ0v) is 12.1. The predicted octanol–water partition coefficient (Wildman–Crippen LogP) is 3.48. The number of nitrogens with one attached hydrogen (secondary N) is 1. The van der Waals surface area contributed by atoms with Crippen LogP contribution in [0.15, 0.2) is 22.8 Å². The van der Waals surface area contributed by atoms with Crippen LogP contribution in [0.25, 0.3) is 5.65 Å². The van der Waals surface area contributed by atoms with E-state index in [4.69, 9.17) is 0 Å². The van der Waals surface area contributed by atoms with E-state index < -0.39 is 0 Å². The zero-order valence-electron chi connectivity index (χ0n) is 10.5. The van der Waals surface area contributed by atoms with Gasteiger partial charge in [-0.15, -0.1) is 5.10 Å². The first-order valence-corrected chi connectivity index (χ1v) is 7.20. The summed E-state index contributed by atoms with van der Waals surface area (Å²) in [5.74, 6) is 0.718. The smallest absolute Gasteiger partial charge is 0.243 e. The van der Waals surface area contributed by atoms with E-state index in [1.165, 1.54) is 25.7 Å². The fourth-order valence-corrected chi connectivity index (χ4v) is 3.07. The van der Waals surface area contributed by atoms with Gasteiger partial charge in [-0.1, -0.05) is 19.8 Å². The first-order chi connectivity index (χ1) is 8.66. The molecule has 4 nitrogen and oxygen atoms in total. The van der Waals surface area contributed by atoms with E-state index in [1.54, 1.807) is 4.52 Å². The van der Waals surface area contributed by atoms with E-state index in [1.807, 2.05) is 18.3 Å². The Morgan fingerprint density at radius 2 is 2.22 bits per heavy atom. The number of anilines is 1. The van der Waals surface area contributed by atoms with Gasteiger partial charge in [0.05, 0.1) is 4.47 Å². The Bertz CT molecular complexity index is 557. The van der Waals surface area contributed by atoms with E-state index in [9.17, 15) is 0 Å². The van der Waals surface area contributed by atoms with Crippen LogP contribution < -0.4 is 5.32 Å². The molecule has 1 fully saturated rings. The van der Waals surface area contributed by atoms with Crippen molar-refractivity contribution in [3.63, 3.8) is 0 Å². The summed E-state index contributed by atoms with van der Waals surface area (Å²) in [6.07, 6.45) is 7.22. The Morgan fingerprint density at radius 1 is 1.44 bits per heavy atom. The molecular weight excluding hydrogens is 292 g/mol. The molecule has 1 N–H and O–H groups in total. The van der Waals surface area contributed by atoms with Gasteiger partial charge in [-0.05, 0) is 46.3 Å². The molecule has 96 valence electrons. The van der Waals surface area contributed by atoms with Crippen molar-refractivity contribution < 1.29 is 0 Å². The molecule has 1 aliphatic rings. The molecule has 0 saturated heterocycles. The number of hydrogen-bond acceptors (Lipinski definition) is 3. The molecule has 0 aromatic carbocycles. The van der Waals surface area contributed by atoms with Crippen molar-refractivity contribution in [1.29, 1.82) is 0 Å². The standard InChI is InChI=1S/C13H17BrN4/c1-13(6-2-3-7-13)9-15-12-16-11-10(14)5-4-8-18(11)17-12/h4-5,8H,2-3,6-7,9H2,1H3,(H,15,17). The Morgan fingerprint density at radius 3 is 2.94 bits per heavy atom. The first kappa shape index (κ1) is 12.0. The molecule has 1 aliphatic carbocycles. The van der Waals surface area contributed by atoms with E-state index in [-0.39, 0.29) is 0 Å². The zero-order chi connectivity index (χ0) is 12.6. The number of hydrogen-bond donors (Lipinski definition) is 1. The van der Waals surface area contributed by atoms with Gasteiger partial charge in [-0.3, -0.25) is 0 Å². The summed E-state index contributed by atoms with van der Waals surface area (Å²) >= 11 is 3.49. The Labute approximate surface area is 115 Å². The number of nitrogens with zero attached hydrogens (tertiary/aromatic N) is 3. The SMILES string of the molecule is CC1(CNc2nc3c(Br)cccn3n2)CCCC1. The molecule has 3 rings (SSSR count). The van der Waals surface area contributed by atoms with Gasteiger partial charge in [-0.25, -0.2) is 4.52 Å². The third kappa shape index (κ3) is 2.23. The average molecular weight is 309 g/mol. The highest BCUT2D eigenvalue weighted by molar-refractivity contribution is 9.10. The van der Waals surface area contributed by atoms with Crippen LogP contribution in [0.1, 0.15) is 32.6 Å². The number of halogens is 1. The predicted molar refractivity (Wildman–Crippen MR) is 75.8 cm³/mol. The minimum Gasteiger partial charge on any atom is -0.352 e. The molecule has 0 unspecified atom stereocenters. The van der Waals surface area contributed by atoms with Crippen LogP contribution in [0.5, 0.6) is 0 Å². The van der Waals surface area contributed by atoms with Crippen LogP contribution in [-0.2, 0) is 0 Å². The second-order valence-corrected chi connectivity index (χ2v) is 6.29. The summed E-state index contributed by atoms with van der Waals surface area (Å²) in [6, 6.07) is 3.93. The van der Waals surface area contributed by atoms with Gasteiger partial charge in [0.1, 0.15) is 0 Å². The largest absolute Gasteiger partial charge is 0.352 e. The van der Waals surface area contributed by atoms with E-state index in [0.717, 1.165) is 22.6 Å². The van der Waals surface area contributed by atoms with E-state index >= 15 is 0 Å². The highest BCUT2D eigenvalue weighted by Gasteiger charge is 2.28. The van der Waals surface area contributed by atoms with Gasteiger partial charge in [0, 0.05) is 12.7 Å². The molecule has 2 heterocycles. The summed E-state index contributed by atoms with van der Waals surface area (Å²) in [5, 5.41) is 7.81. The van der Waals surface area contributed by atoms with Crippen molar-refractivity contribution >= 4 is 27.5 Å². The minimum absolute atomic E-state index is 0.411. The van der Waals surface area contributed by atoms with Crippen molar-refractivity contribution in [3.8, 4) is 0 Å². The molecule has 5 heteroatoms. The van der Waals surface area contributed by atoms with Crippen LogP contribution in [0.2, 0.25) is 0 Å². The van der Waals surface area contributed by atoms with Crippen molar-refractivity contribution in [3.05, 3.63) is 22.8 Å². The van der Waals surface area contributed by atoms with E-state index in [0.29, 0.717) is 5.41 Å². The molecule has 2 aromatic rings. The summed E-state index contributed by atoms with van der Waals surface area (Å²) in [7, 11) is 0. The fraction of sp³-hybridized carbons (Fsp3) is 0.538. The lowest BCUT2D eigenvalue weighted by molar-refractivity contribution is 0.361. The van der Waals surface area contributed by atoms with Crippen molar-refractivity contribution in [2.75, 3.05) is 11.9 Å². The maximum absolute atomic E-state index is 4.50. The van der Waals surface area contributed by atoms with Gasteiger partial charge < -0.3 is 5.32 Å². The van der Waals surface area contributed by atoms with Gasteiger partial charge >= 0.3 is 0 Å². The van der Waals surface area contributed by atoms with E-state index in [2.05, 4.69) is 38.3 Å². The maximum atomic E-state index is 4.50. The Hall–Kier alpha value is -1.10. The molecule has 1 saturated carbocycles. The highest BCUT2D eigenvalue weighted by atomic mass is 79.9. The van der Waals surface area contributed by atoms with Gasteiger partial charge in [0.2, 0.25) is 5.95 Å². The van der Waals surface area contributed by atoms with Crippen LogP contribution >= 0.6 is 15.9 Å². The van der Waals surface area contributed by atoms with Gasteiger partial charge in [-0.2, -0.15) is 4.98 Å². The molecule has 18 heavy (non-hydrogen) atoms. The molecule has 0 bridgehead atoms. The third-order valence-electron chi connectivity index (χ3n) is 3.80. The van der Waals surface area contributed by atoms with Crippen molar-refractivity contribution in [1.82, 2.24) is 14.6 Å². The van der Waals surface area contributed by atoms with Crippen LogP contribution in [0, 0.1) is 5.41 Å². The number of pyridine rings is 1. The second kappa shape index (κ2) is 4.53. The number of rotatable bonds is 3. The summed E-state index contributed by atoms with van der Waals surface area (Å²) < 4.78 is 2.77. The topological polar surface area (TPSA) is 42.2 Å². The molecule has 0 spiro atoms. The molecule has 0 atom stereocenters. The molecular formula is C13H17BrN4. The fourth-order valence-electron chi connectivity index (χ4n) is 2.65. The van der Waals surface area contributed by atoms with Gasteiger partial charge in [0.25, 0.3) is 0 Å². The number of aromatic nitrogens is 3. The molecule has 2 aromatic heterocycles. The first-order valence-electron chi connectivity index (χ1n) is 6.41. The van der Waals surface area contributed by atoms with Gasteiger partial charge in [0.15, 0.2) is 5.65 Å². The minimum atomic E-state index is 0.411. The van der Waals surface area contributed by atoms with Crippen LogP contribution in [-0.4, -0.2) is 21.1 Å². The summed E-state index contributed by atoms with van der Waals surface area (Å²) in [4.78, 5) is 4.50. The quantitative estimate of drug-likeness (QED) is 0.944. The lowest BCUT2D eigenvalue weighted by Gasteiger charge is -2.22. The normalized spacial score (nSPS) is 18.3. The van der Waals surface area contributed by atoms with Crippen molar-refractivity contribution in [2.24, 2.45) is 5.41 Å². The van der Waals surface area contributed by atoms with Crippen molar-refractivity contribution in [2.45, 2.75) is 32.6 Å². The monoisotopic (exact) mass is 308 g/mol. The Kier molecular flexibility index (Phi) is 3.01.